The molecule has 0 saturated heterocycles. The summed E-state index contributed by atoms with van der Waals surface area (Å²) in [5, 5.41) is 2.77. The summed E-state index contributed by atoms with van der Waals surface area (Å²) in [4.78, 5) is 31.9. The number of aromatic nitrogens is 1. The second-order valence-electron chi connectivity index (χ2n) is 8.38. The smallest absolute Gasteiger partial charge is 0.242 e. The van der Waals surface area contributed by atoms with Gasteiger partial charge in [0.2, 0.25) is 21.8 Å². The highest BCUT2D eigenvalue weighted by Crippen LogP contribution is 2.14. The number of benzene rings is 2. The number of halogens is 1. The van der Waals surface area contributed by atoms with Crippen molar-refractivity contribution in [3.63, 3.8) is 0 Å². The largest absolute Gasteiger partial charge is 0.349 e. The molecule has 3 aromatic rings. The molecule has 0 fully saturated rings. The molecule has 0 saturated carbocycles. The third-order valence-electron chi connectivity index (χ3n) is 5.59. The fraction of sp³-hybridized carbons (Fsp3) is 0.269. The van der Waals surface area contributed by atoms with Crippen molar-refractivity contribution in [2.45, 2.75) is 32.6 Å². The molecule has 2 amide bonds. The van der Waals surface area contributed by atoms with E-state index in [0.29, 0.717) is 11.3 Å². The third-order valence-corrected chi connectivity index (χ3v) is 6.78. The van der Waals surface area contributed by atoms with Crippen LogP contribution in [0.15, 0.2) is 79.0 Å². The van der Waals surface area contributed by atoms with Crippen LogP contribution in [0.5, 0.6) is 0 Å². The number of rotatable bonds is 11. The fourth-order valence-corrected chi connectivity index (χ4v) is 4.24. The van der Waals surface area contributed by atoms with Crippen molar-refractivity contribution >= 4 is 21.8 Å². The van der Waals surface area contributed by atoms with Gasteiger partial charge in [0.25, 0.3) is 0 Å². The fourth-order valence-electron chi connectivity index (χ4n) is 3.52. The van der Waals surface area contributed by atoms with Crippen molar-refractivity contribution in [1.82, 2.24) is 19.5 Å². The lowest BCUT2D eigenvalue weighted by Crippen LogP contribution is -2.50. The van der Waals surface area contributed by atoms with Gasteiger partial charge in [0.05, 0.1) is 25.0 Å². The Balaban J connectivity index is 1.80. The van der Waals surface area contributed by atoms with E-state index in [1.807, 2.05) is 6.07 Å². The lowest BCUT2D eigenvalue weighted by Gasteiger charge is -2.31. The SMILES string of the molecule is CC(C(=O)NCc1ccccn1)N(Cc1ccc(F)cc1)C(=O)CN(Cc1ccccc1)S(C)(=O)=O. The quantitative estimate of drug-likeness (QED) is 0.426. The summed E-state index contributed by atoms with van der Waals surface area (Å²) in [6.45, 7) is 1.30. The summed E-state index contributed by atoms with van der Waals surface area (Å²) in [6.07, 6.45) is 2.65. The molecule has 0 radical (unpaired) electrons. The molecule has 36 heavy (non-hydrogen) atoms. The Labute approximate surface area is 210 Å². The van der Waals surface area contributed by atoms with Gasteiger partial charge in [-0.2, -0.15) is 4.31 Å². The molecular formula is C26H29FN4O4S. The molecule has 10 heteroatoms. The first-order valence-electron chi connectivity index (χ1n) is 11.3. The van der Waals surface area contributed by atoms with Crippen LogP contribution < -0.4 is 5.32 Å². The van der Waals surface area contributed by atoms with Gasteiger partial charge < -0.3 is 10.2 Å². The topological polar surface area (TPSA) is 99.7 Å². The van der Waals surface area contributed by atoms with Gasteiger partial charge in [-0.3, -0.25) is 14.6 Å². The molecule has 3 rings (SSSR count). The van der Waals surface area contributed by atoms with Crippen molar-refractivity contribution in [3.05, 3.63) is 102 Å². The second kappa shape index (κ2) is 12.4. The number of pyridine rings is 1. The summed E-state index contributed by atoms with van der Waals surface area (Å²) in [6, 6.07) is 18.9. The Morgan fingerprint density at radius 2 is 1.58 bits per heavy atom. The average molecular weight is 513 g/mol. The molecule has 2 aromatic carbocycles. The summed E-state index contributed by atoms with van der Waals surface area (Å²) < 4.78 is 39.4. The predicted octanol–water partition coefficient (Wildman–Crippen LogP) is 2.72. The van der Waals surface area contributed by atoms with Crippen LogP contribution in [0.1, 0.15) is 23.7 Å². The number of nitrogens with zero attached hydrogens (tertiary/aromatic N) is 3. The molecule has 190 valence electrons. The van der Waals surface area contributed by atoms with E-state index in [-0.39, 0.29) is 19.6 Å². The van der Waals surface area contributed by atoms with Crippen LogP contribution in [0, 0.1) is 5.82 Å². The number of carbonyl (C=O) groups is 2. The minimum absolute atomic E-state index is 0.000224. The van der Waals surface area contributed by atoms with Gasteiger partial charge in [-0.05, 0) is 42.3 Å². The van der Waals surface area contributed by atoms with E-state index in [4.69, 9.17) is 0 Å². The van der Waals surface area contributed by atoms with Crippen LogP contribution in [-0.2, 0) is 39.2 Å². The van der Waals surface area contributed by atoms with Gasteiger partial charge in [0, 0.05) is 19.3 Å². The van der Waals surface area contributed by atoms with Crippen LogP contribution >= 0.6 is 0 Å². The zero-order chi connectivity index (χ0) is 26.1. The zero-order valence-corrected chi connectivity index (χ0v) is 21.0. The van der Waals surface area contributed by atoms with Crippen LogP contribution in [0.4, 0.5) is 4.39 Å². The Bertz CT molecular complexity index is 1260. The molecule has 0 spiro atoms. The van der Waals surface area contributed by atoms with E-state index in [2.05, 4.69) is 10.3 Å². The second-order valence-corrected chi connectivity index (χ2v) is 10.4. The van der Waals surface area contributed by atoms with Crippen molar-refractivity contribution in [1.29, 1.82) is 0 Å². The molecule has 0 bridgehead atoms. The van der Waals surface area contributed by atoms with E-state index >= 15 is 0 Å². The van der Waals surface area contributed by atoms with Crippen molar-refractivity contribution in [3.8, 4) is 0 Å². The predicted molar refractivity (Wildman–Crippen MR) is 134 cm³/mol. The highest BCUT2D eigenvalue weighted by Gasteiger charge is 2.30. The molecule has 0 aliphatic heterocycles. The molecule has 0 aliphatic rings. The normalized spacial score (nSPS) is 12.2. The van der Waals surface area contributed by atoms with Gasteiger partial charge >= 0.3 is 0 Å². The summed E-state index contributed by atoms with van der Waals surface area (Å²) in [5.74, 6) is -1.41. The maximum atomic E-state index is 13.4. The summed E-state index contributed by atoms with van der Waals surface area (Å²) in [7, 11) is -3.73. The van der Waals surface area contributed by atoms with Gasteiger partial charge in [-0.15, -0.1) is 0 Å². The number of carbonyl (C=O) groups excluding carboxylic acids is 2. The molecule has 1 atom stereocenters. The van der Waals surface area contributed by atoms with Gasteiger partial charge in [-0.25, -0.2) is 12.8 Å². The lowest BCUT2D eigenvalue weighted by molar-refractivity contribution is -0.140. The first kappa shape index (κ1) is 27.0. The van der Waals surface area contributed by atoms with E-state index in [1.54, 1.807) is 55.6 Å². The van der Waals surface area contributed by atoms with Crippen LogP contribution in [0.3, 0.4) is 0 Å². The first-order chi connectivity index (χ1) is 17.1. The molecular weight excluding hydrogens is 483 g/mol. The van der Waals surface area contributed by atoms with E-state index in [9.17, 15) is 22.4 Å². The van der Waals surface area contributed by atoms with Crippen molar-refractivity contribution < 1.29 is 22.4 Å². The van der Waals surface area contributed by atoms with Crippen LogP contribution in [0.25, 0.3) is 0 Å². The van der Waals surface area contributed by atoms with E-state index in [1.165, 1.54) is 29.2 Å². The monoisotopic (exact) mass is 512 g/mol. The maximum Gasteiger partial charge on any atom is 0.242 e. The van der Waals surface area contributed by atoms with Crippen LogP contribution in [0.2, 0.25) is 0 Å². The van der Waals surface area contributed by atoms with Gasteiger partial charge in [0.1, 0.15) is 11.9 Å². The number of amides is 2. The standard InChI is InChI=1S/C26H29FN4O4S/c1-20(26(33)29-16-24-10-6-7-15-28-24)31(18-22-11-13-23(27)14-12-22)25(32)19-30(36(2,34)35)17-21-8-4-3-5-9-21/h3-15,20H,16-19H2,1-2H3,(H,29,33). The van der Waals surface area contributed by atoms with E-state index in [0.717, 1.165) is 16.1 Å². The first-order valence-corrected chi connectivity index (χ1v) is 13.2. The molecule has 1 N–H and O–H groups in total. The Morgan fingerprint density at radius 3 is 2.19 bits per heavy atom. The average Bonchev–Trinajstić information content (AvgIpc) is 2.86. The number of hydrogen-bond acceptors (Lipinski definition) is 5. The van der Waals surface area contributed by atoms with Gasteiger partial charge in [-0.1, -0.05) is 48.5 Å². The molecule has 1 aromatic heterocycles. The minimum atomic E-state index is -3.73. The molecule has 1 unspecified atom stereocenters. The minimum Gasteiger partial charge on any atom is -0.349 e. The highest BCUT2D eigenvalue weighted by molar-refractivity contribution is 7.88. The number of nitrogens with one attached hydrogen (secondary N) is 1. The Morgan fingerprint density at radius 1 is 0.944 bits per heavy atom. The third kappa shape index (κ3) is 7.96. The van der Waals surface area contributed by atoms with Crippen molar-refractivity contribution in [2.75, 3.05) is 12.8 Å². The Kier molecular flexibility index (Phi) is 9.26. The van der Waals surface area contributed by atoms with E-state index < -0.39 is 40.2 Å². The summed E-state index contributed by atoms with van der Waals surface area (Å²) in [5.41, 5.74) is 1.98. The molecule has 1 heterocycles. The maximum absolute atomic E-state index is 13.4. The Hall–Kier alpha value is -3.63. The number of hydrogen-bond donors (Lipinski definition) is 1. The molecule has 8 nitrogen and oxygen atoms in total. The summed E-state index contributed by atoms with van der Waals surface area (Å²) >= 11 is 0. The van der Waals surface area contributed by atoms with Crippen LogP contribution in [-0.4, -0.2) is 53.3 Å². The zero-order valence-electron chi connectivity index (χ0n) is 20.2. The lowest BCUT2D eigenvalue weighted by atomic mass is 10.1. The molecule has 0 aliphatic carbocycles. The van der Waals surface area contributed by atoms with Gasteiger partial charge in [0.15, 0.2) is 0 Å². The number of sulfonamides is 1. The highest BCUT2D eigenvalue weighted by atomic mass is 32.2. The van der Waals surface area contributed by atoms with Crippen molar-refractivity contribution in [2.24, 2.45) is 0 Å².